The van der Waals surface area contributed by atoms with Crippen LogP contribution in [0.2, 0.25) is 0 Å². The first-order chi connectivity index (χ1) is 12.9. The fraction of sp³-hybridized carbons (Fsp3) is 0.450. The summed E-state index contributed by atoms with van der Waals surface area (Å²) in [4.78, 5) is 30.2. The van der Waals surface area contributed by atoms with E-state index in [-0.39, 0.29) is 17.4 Å². The van der Waals surface area contributed by atoms with Gasteiger partial charge in [-0.15, -0.1) is 0 Å². The second-order valence-electron chi connectivity index (χ2n) is 7.05. The lowest BCUT2D eigenvalue weighted by Gasteiger charge is -2.11. The summed E-state index contributed by atoms with van der Waals surface area (Å²) in [5.74, 6) is 0.702. The Kier molecular flexibility index (Phi) is 5.60. The van der Waals surface area contributed by atoms with Crippen LogP contribution in [-0.4, -0.2) is 29.9 Å². The van der Waals surface area contributed by atoms with E-state index in [0.717, 1.165) is 12.0 Å². The minimum absolute atomic E-state index is 0.304. The van der Waals surface area contributed by atoms with Gasteiger partial charge in [0.1, 0.15) is 5.82 Å². The van der Waals surface area contributed by atoms with Crippen molar-refractivity contribution in [2.24, 2.45) is 7.05 Å². The molecule has 0 aliphatic heterocycles. The van der Waals surface area contributed by atoms with Crippen LogP contribution in [0.25, 0.3) is 11.2 Å². The van der Waals surface area contributed by atoms with Crippen molar-refractivity contribution in [3.8, 4) is 0 Å². The van der Waals surface area contributed by atoms with Crippen LogP contribution in [-0.2, 0) is 20.1 Å². The molecule has 0 aliphatic rings. The van der Waals surface area contributed by atoms with E-state index in [9.17, 15) is 14.7 Å². The number of aromatic nitrogens is 4. The highest BCUT2D eigenvalue weighted by Gasteiger charge is 2.18. The van der Waals surface area contributed by atoms with E-state index in [1.54, 1.807) is 14.0 Å². The van der Waals surface area contributed by atoms with Crippen molar-refractivity contribution in [3.63, 3.8) is 0 Å². The maximum absolute atomic E-state index is 13.1. The molecule has 27 heavy (non-hydrogen) atoms. The first-order valence-electron chi connectivity index (χ1n) is 9.28. The average molecular weight is 370 g/mol. The van der Waals surface area contributed by atoms with Crippen LogP contribution in [0.5, 0.6) is 0 Å². The summed E-state index contributed by atoms with van der Waals surface area (Å²) in [5.41, 5.74) is 1.28. The highest BCUT2D eigenvalue weighted by molar-refractivity contribution is 5.71. The number of aliphatic hydroxyl groups excluding tert-OH is 1. The third-order valence-electron chi connectivity index (χ3n) is 4.86. The summed E-state index contributed by atoms with van der Waals surface area (Å²) < 4.78 is 4.60. The van der Waals surface area contributed by atoms with Crippen molar-refractivity contribution in [2.75, 3.05) is 0 Å². The molecule has 2 heterocycles. The molecule has 7 heteroatoms. The lowest BCUT2D eigenvalue weighted by Crippen LogP contribution is -2.39. The van der Waals surface area contributed by atoms with Gasteiger partial charge < -0.3 is 9.67 Å². The average Bonchev–Trinajstić information content (AvgIpc) is 2.96. The Labute approximate surface area is 157 Å². The highest BCUT2D eigenvalue weighted by atomic mass is 16.3. The first kappa shape index (κ1) is 19.1. The normalized spacial score (nSPS) is 12.6. The van der Waals surface area contributed by atoms with E-state index >= 15 is 0 Å². The van der Waals surface area contributed by atoms with Crippen LogP contribution in [0.15, 0.2) is 39.9 Å². The third kappa shape index (κ3) is 3.88. The molecule has 0 aliphatic carbocycles. The number of benzene rings is 1. The number of rotatable bonds is 7. The molecule has 0 saturated heterocycles. The summed E-state index contributed by atoms with van der Waals surface area (Å²) in [6.45, 7) is 4.45. The summed E-state index contributed by atoms with van der Waals surface area (Å²) in [6, 6.07) is 9.87. The fourth-order valence-electron chi connectivity index (χ4n) is 3.35. The van der Waals surface area contributed by atoms with Crippen molar-refractivity contribution < 1.29 is 5.11 Å². The van der Waals surface area contributed by atoms with Gasteiger partial charge in [-0.3, -0.25) is 13.9 Å². The number of hydrogen-bond acceptors (Lipinski definition) is 4. The molecule has 0 radical (unpaired) electrons. The predicted octanol–water partition coefficient (Wildman–Crippen LogP) is 1.80. The number of aryl methyl sites for hydroxylation is 2. The van der Waals surface area contributed by atoms with E-state index in [1.807, 2.05) is 41.8 Å². The zero-order valence-electron chi connectivity index (χ0n) is 16.1. The summed E-state index contributed by atoms with van der Waals surface area (Å²) in [5, 5.41) is 9.38. The van der Waals surface area contributed by atoms with Crippen LogP contribution in [0.4, 0.5) is 0 Å². The van der Waals surface area contributed by atoms with Gasteiger partial charge in [0.05, 0.1) is 6.10 Å². The first-order valence-corrected chi connectivity index (χ1v) is 9.28. The lowest BCUT2D eigenvalue weighted by atomic mass is 10.2. The highest BCUT2D eigenvalue weighted by Crippen LogP contribution is 2.13. The van der Waals surface area contributed by atoms with E-state index in [2.05, 4.69) is 4.98 Å². The van der Waals surface area contributed by atoms with Crippen molar-refractivity contribution in [2.45, 2.75) is 52.3 Å². The maximum atomic E-state index is 13.1. The van der Waals surface area contributed by atoms with Crippen LogP contribution >= 0.6 is 0 Å². The van der Waals surface area contributed by atoms with Gasteiger partial charge in [-0.2, -0.15) is 0 Å². The fourth-order valence-corrected chi connectivity index (χ4v) is 3.35. The standard InChI is InChI=1S/C20H26N4O3/c1-14(25)9-7-8-12-23-19(26)17-18(22(3)20(23)27)21-15(2)24(17)13-16-10-5-4-6-11-16/h4-6,10-11,14,25H,7-9,12-13H2,1-3H3/t14-/m1/s1. The Morgan fingerprint density at radius 3 is 2.48 bits per heavy atom. The number of nitrogens with zero attached hydrogens (tertiary/aromatic N) is 4. The van der Waals surface area contributed by atoms with Gasteiger partial charge in [0, 0.05) is 20.1 Å². The zero-order valence-corrected chi connectivity index (χ0v) is 16.1. The Balaban J connectivity index is 2.04. The van der Waals surface area contributed by atoms with Gasteiger partial charge in [0.2, 0.25) is 0 Å². The second-order valence-corrected chi connectivity index (χ2v) is 7.05. The molecule has 0 saturated carbocycles. The topological polar surface area (TPSA) is 82.1 Å². The number of fused-ring (bicyclic) bond motifs is 1. The van der Waals surface area contributed by atoms with Gasteiger partial charge in [-0.25, -0.2) is 9.78 Å². The molecule has 0 amide bonds. The van der Waals surface area contributed by atoms with Gasteiger partial charge in [-0.05, 0) is 38.7 Å². The lowest BCUT2D eigenvalue weighted by molar-refractivity contribution is 0.180. The van der Waals surface area contributed by atoms with Crippen molar-refractivity contribution in [3.05, 3.63) is 62.6 Å². The largest absolute Gasteiger partial charge is 0.393 e. The Morgan fingerprint density at radius 2 is 1.81 bits per heavy atom. The van der Waals surface area contributed by atoms with E-state index in [4.69, 9.17) is 0 Å². The van der Waals surface area contributed by atoms with Crippen LogP contribution in [0.1, 0.15) is 37.6 Å². The Morgan fingerprint density at radius 1 is 1.11 bits per heavy atom. The second kappa shape index (κ2) is 7.92. The minimum Gasteiger partial charge on any atom is -0.393 e. The molecule has 7 nitrogen and oxygen atoms in total. The van der Waals surface area contributed by atoms with E-state index in [1.165, 1.54) is 9.13 Å². The van der Waals surface area contributed by atoms with Crippen LogP contribution < -0.4 is 11.2 Å². The Bertz CT molecular complexity index is 1050. The molecule has 2 aromatic heterocycles. The number of hydrogen-bond donors (Lipinski definition) is 1. The molecular weight excluding hydrogens is 344 g/mol. The van der Waals surface area contributed by atoms with Gasteiger partial charge in [0.15, 0.2) is 11.2 Å². The molecule has 1 atom stereocenters. The van der Waals surface area contributed by atoms with E-state index < -0.39 is 0 Å². The molecule has 144 valence electrons. The molecule has 3 aromatic rings. The predicted molar refractivity (Wildman–Crippen MR) is 105 cm³/mol. The smallest absolute Gasteiger partial charge is 0.332 e. The summed E-state index contributed by atoms with van der Waals surface area (Å²) >= 11 is 0. The van der Waals surface area contributed by atoms with Crippen molar-refractivity contribution in [1.29, 1.82) is 0 Å². The van der Waals surface area contributed by atoms with Crippen molar-refractivity contribution in [1.82, 2.24) is 18.7 Å². The maximum Gasteiger partial charge on any atom is 0.332 e. The number of imidazole rings is 1. The third-order valence-corrected chi connectivity index (χ3v) is 4.86. The molecule has 1 N–H and O–H groups in total. The zero-order chi connectivity index (χ0) is 19.6. The SMILES string of the molecule is Cc1nc2c(c(=O)n(CCCC[C@@H](C)O)c(=O)n2C)n1Cc1ccccc1. The number of unbranched alkanes of at least 4 members (excludes halogenated alkanes) is 1. The summed E-state index contributed by atoms with van der Waals surface area (Å²) in [6.07, 6.45) is 1.70. The molecule has 3 rings (SSSR count). The molecule has 0 unspecified atom stereocenters. The molecule has 0 fully saturated rings. The van der Waals surface area contributed by atoms with Crippen LogP contribution in [0.3, 0.4) is 0 Å². The summed E-state index contributed by atoms with van der Waals surface area (Å²) in [7, 11) is 1.65. The van der Waals surface area contributed by atoms with Gasteiger partial charge in [-0.1, -0.05) is 30.3 Å². The number of aliphatic hydroxyl groups is 1. The molecule has 1 aromatic carbocycles. The quantitative estimate of drug-likeness (QED) is 0.643. The molecular formula is C20H26N4O3. The van der Waals surface area contributed by atoms with Gasteiger partial charge in [0.25, 0.3) is 5.56 Å². The van der Waals surface area contributed by atoms with Gasteiger partial charge >= 0.3 is 5.69 Å². The monoisotopic (exact) mass is 370 g/mol. The molecule has 0 bridgehead atoms. The van der Waals surface area contributed by atoms with Crippen LogP contribution in [0, 0.1) is 6.92 Å². The molecule has 0 spiro atoms. The van der Waals surface area contributed by atoms with Crippen molar-refractivity contribution >= 4 is 11.2 Å². The van der Waals surface area contributed by atoms with E-state index in [0.29, 0.717) is 42.9 Å². The minimum atomic E-state index is -0.373. The Hall–Kier alpha value is -2.67.